The van der Waals surface area contributed by atoms with Crippen molar-refractivity contribution in [3.63, 3.8) is 0 Å². The Kier molecular flexibility index (Phi) is 4.93. The van der Waals surface area contributed by atoms with Crippen LogP contribution in [0.1, 0.15) is 38.5 Å². The number of carbonyl (C=O) groups is 2. The van der Waals surface area contributed by atoms with Crippen LogP contribution in [0.25, 0.3) is 11.2 Å². The molecule has 1 saturated heterocycles. The number of rotatable bonds is 4. The van der Waals surface area contributed by atoms with Crippen LogP contribution >= 0.6 is 0 Å². The molecule has 3 rings (SSSR count). The first kappa shape index (κ1) is 16.2. The number of pyridine rings is 1. The van der Waals surface area contributed by atoms with Crippen LogP contribution in [0.3, 0.4) is 0 Å². The Morgan fingerprint density at radius 3 is 2.58 bits per heavy atom. The summed E-state index contributed by atoms with van der Waals surface area (Å²) in [6.45, 7) is 1.58. The number of imidazole rings is 1. The molecule has 1 aliphatic rings. The summed E-state index contributed by atoms with van der Waals surface area (Å²) in [5.74, 6) is 0.123. The van der Waals surface area contributed by atoms with Crippen molar-refractivity contribution in [3.05, 3.63) is 22.6 Å². The van der Waals surface area contributed by atoms with Gasteiger partial charge in [0.2, 0.25) is 11.8 Å². The Hall–Kier alpha value is -2.64. The van der Waals surface area contributed by atoms with Crippen LogP contribution in [0.4, 0.5) is 5.82 Å². The average Bonchev–Trinajstić information content (AvgIpc) is 2.75. The summed E-state index contributed by atoms with van der Waals surface area (Å²) < 4.78 is 0. The van der Waals surface area contributed by atoms with Crippen molar-refractivity contribution in [2.45, 2.75) is 38.5 Å². The average molecular weight is 331 g/mol. The molecule has 24 heavy (non-hydrogen) atoms. The number of amides is 2. The molecule has 0 atom stereocenters. The van der Waals surface area contributed by atoms with E-state index in [2.05, 4.69) is 20.3 Å². The van der Waals surface area contributed by atoms with Crippen LogP contribution in [0.15, 0.2) is 16.9 Å². The molecule has 2 amide bonds. The number of hydrogen-bond donors (Lipinski definition) is 3. The number of aromatic amines is 2. The highest BCUT2D eigenvalue weighted by molar-refractivity contribution is 5.93. The molecular formula is C16H21N5O3. The standard InChI is InChI=1S/C16H21N5O3/c22-13(7-8-14(23)21-9-3-1-2-4-10-21)18-12-6-5-11-15(19-12)20-16(24)17-11/h5-6H,1-4,7-10H2,(H3,17,18,19,20,22,24). The summed E-state index contributed by atoms with van der Waals surface area (Å²) in [5, 5.41) is 2.66. The molecule has 1 fully saturated rings. The summed E-state index contributed by atoms with van der Waals surface area (Å²) in [6.07, 6.45) is 4.74. The van der Waals surface area contributed by atoms with E-state index >= 15 is 0 Å². The Morgan fingerprint density at radius 1 is 1.08 bits per heavy atom. The van der Waals surface area contributed by atoms with Crippen molar-refractivity contribution in [1.82, 2.24) is 19.9 Å². The van der Waals surface area contributed by atoms with Gasteiger partial charge in [-0.2, -0.15) is 0 Å². The second-order valence-electron chi connectivity index (χ2n) is 6.01. The Balaban J connectivity index is 1.52. The van der Waals surface area contributed by atoms with Gasteiger partial charge in [0.05, 0.1) is 5.52 Å². The van der Waals surface area contributed by atoms with Crippen molar-refractivity contribution in [2.24, 2.45) is 0 Å². The number of anilines is 1. The molecule has 0 aromatic carbocycles. The molecule has 0 unspecified atom stereocenters. The lowest BCUT2D eigenvalue weighted by Gasteiger charge is -2.20. The molecule has 2 aromatic rings. The first-order valence-electron chi connectivity index (χ1n) is 8.28. The molecule has 3 heterocycles. The number of carbonyl (C=O) groups excluding carboxylic acids is 2. The topological polar surface area (TPSA) is 111 Å². The Bertz CT molecular complexity index is 786. The highest BCUT2D eigenvalue weighted by atomic mass is 16.2. The van der Waals surface area contributed by atoms with Gasteiger partial charge in [-0.1, -0.05) is 12.8 Å². The zero-order valence-corrected chi connectivity index (χ0v) is 13.4. The minimum Gasteiger partial charge on any atom is -0.343 e. The molecule has 128 valence electrons. The van der Waals surface area contributed by atoms with E-state index in [0.29, 0.717) is 17.0 Å². The van der Waals surface area contributed by atoms with Gasteiger partial charge in [-0.15, -0.1) is 0 Å². The predicted molar refractivity (Wildman–Crippen MR) is 89.6 cm³/mol. The lowest BCUT2D eigenvalue weighted by Crippen LogP contribution is -2.32. The number of fused-ring (bicyclic) bond motifs is 1. The number of H-pyrrole nitrogens is 2. The second-order valence-corrected chi connectivity index (χ2v) is 6.01. The number of nitrogens with one attached hydrogen (secondary N) is 3. The van der Waals surface area contributed by atoms with Gasteiger partial charge in [-0.3, -0.25) is 14.6 Å². The molecule has 1 aliphatic heterocycles. The van der Waals surface area contributed by atoms with Crippen molar-refractivity contribution in [1.29, 1.82) is 0 Å². The van der Waals surface area contributed by atoms with Gasteiger partial charge in [0.25, 0.3) is 0 Å². The normalized spacial score (nSPS) is 15.2. The van der Waals surface area contributed by atoms with Gasteiger partial charge < -0.3 is 15.2 Å². The predicted octanol–water partition coefficient (Wildman–Crippen LogP) is 1.37. The SMILES string of the molecule is O=C(CCC(=O)N1CCCCCC1)Nc1ccc2[nH]c(=O)[nH]c2n1. The van der Waals surface area contributed by atoms with Crippen molar-refractivity contribution < 1.29 is 9.59 Å². The quantitative estimate of drug-likeness (QED) is 0.785. The third-order valence-corrected chi connectivity index (χ3v) is 4.17. The molecule has 0 bridgehead atoms. The number of hydrogen-bond acceptors (Lipinski definition) is 4. The third kappa shape index (κ3) is 4.01. The van der Waals surface area contributed by atoms with E-state index in [-0.39, 0.29) is 30.3 Å². The van der Waals surface area contributed by atoms with Crippen LogP contribution in [0.5, 0.6) is 0 Å². The maximum atomic E-state index is 12.2. The van der Waals surface area contributed by atoms with E-state index in [1.165, 1.54) is 12.8 Å². The molecule has 8 nitrogen and oxygen atoms in total. The number of likely N-dealkylation sites (tertiary alicyclic amines) is 1. The fraction of sp³-hybridized carbons (Fsp3) is 0.500. The van der Waals surface area contributed by atoms with Crippen LogP contribution in [-0.2, 0) is 9.59 Å². The molecule has 0 saturated carbocycles. The van der Waals surface area contributed by atoms with E-state index in [1.54, 1.807) is 12.1 Å². The zero-order chi connectivity index (χ0) is 16.9. The maximum Gasteiger partial charge on any atom is 0.325 e. The fourth-order valence-corrected chi connectivity index (χ4v) is 2.89. The third-order valence-electron chi connectivity index (χ3n) is 4.17. The van der Waals surface area contributed by atoms with Crippen molar-refractivity contribution in [2.75, 3.05) is 18.4 Å². The zero-order valence-electron chi connectivity index (χ0n) is 13.4. The molecule has 0 radical (unpaired) electrons. The maximum absolute atomic E-state index is 12.2. The van der Waals surface area contributed by atoms with Crippen molar-refractivity contribution >= 4 is 28.8 Å². The van der Waals surface area contributed by atoms with E-state index in [4.69, 9.17) is 0 Å². The molecule has 0 spiro atoms. The molecule has 3 N–H and O–H groups in total. The van der Waals surface area contributed by atoms with Gasteiger partial charge in [0, 0.05) is 25.9 Å². The summed E-state index contributed by atoms with van der Waals surface area (Å²) in [5.41, 5.74) is 0.622. The van der Waals surface area contributed by atoms with Crippen LogP contribution < -0.4 is 11.0 Å². The molecule has 8 heteroatoms. The van der Waals surface area contributed by atoms with Gasteiger partial charge >= 0.3 is 5.69 Å². The highest BCUT2D eigenvalue weighted by Crippen LogP contribution is 2.13. The lowest BCUT2D eigenvalue weighted by atomic mass is 10.2. The number of aromatic nitrogens is 3. The fourth-order valence-electron chi connectivity index (χ4n) is 2.89. The summed E-state index contributed by atoms with van der Waals surface area (Å²) >= 11 is 0. The van der Waals surface area contributed by atoms with Crippen LogP contribution in [-0.4, -0.2) is 44.8 Å². The Labute approximate surface area is 138 Å². The monoisotopic (exact) mass is 331 g/mol. The Morgan fingerprint density at radius 2 is 1.83 bits per heavy atom. The van der Waals surface area contributed by atoms with Gasteiger partial charge in [-0.25, -0.2) is 9.78 Å². The summed E-state index contributed by atoms with van der Waals surface area (Å²) in [6, 6.07) is 3.28. The summed E-state index contributed by atoms with van der Waals surface area (Å²) in [7, 11) is 0. The lowest BCUT2D eigenvalue weighted by molar-refractivity contribution is -0.132. The molecule has 0 aliphatic carbocycles. The second kappa shape index (κ2) is 7.29. The van der Waals surface area contributed by atoms with E-state index in [9.17, 15) is 14.4 Å². The van der Waals surface area contributed by atoms with E-state index in [0.717, 1.165) is 25.9 Å². The summed E-state index contributed by atoms with van der Waals surface area (Å²) in [4.78, 5) is 46.5. The van der Waals surface area contributed by atoms with Gasteiger partial charge in [0.15, 0.2) is 5.65 Å². The van der Waals surface area contributed by atoms with Gasteiger partial charge in [-0.05, 0) is 25.0 Å². The smallest absolute Gasteiger partial charge is 0.325 e. The van der Waals surface area contributed by atoms with E-state index < -0.39 is 0 Å². The first-order valence-corrected chi connectivity index (χ1v) is 8.28. The minimum atomic E-state index is -0.343. The first-order chi connectivity index (χ1) is 11.6. The van der Waals surface area contributed by atoms with Gasteiger partial charge in [0.1, 0.15) is 5.82 Å². The van der Waals surface area contributed by atoms with E-state index in [1.807, 2.05) is 4.90 Å². The minimum absolute atomic E-state index is 0.0328. The largest absolute Gasteiger partial charge is 0.343 e. The molecule has 2 aromatic heterocycles. The molecular weight excluding hydrogens is 310 g/mol. The van der Waals surface area contributed by atoms with Crippen molar-refractivity contribution in [3.8, 4) is 0 Å². The van der Waals surface area contributed by atoms with Crippen LogP contribution in [0, 0.1) is 0 Å². The number of nitrogens with zero attached hydrogens (tertiary/aromatic N) is 2. The highest BCUT2D eigenvalue weighted by Gasteiger charge is 2.16. The van der Waals surface area contributed by atoms with Crippen LogP contribution in [0.2, 0.25) is 0 Å².